The van der Waals surface area contributed by atoms with E-state index < -0.39 is 10.0 Å². The zero-order chi connectivity index (χ0) is 20.6. The average molecular weight is 426 g/mol. The van der Waals surface area contributed by atoms with Crippen LogP contribution in [0.25, 0.3) is 28.2 Å². The van der Waals surface area contributed by atoms with E-state index in [9.17, 15) is 13.5 Å². The molecule has 0 fully saturated rings. The van der Waals surface area contributed by atoms with Gasteiger partial charge in [0, 0.05) is 16.1 Å². The summed E-state index contributed by atoms with van der Waals surface area (Å²) in [5.74, 6) is 0.0457. The van der Waals surface area contributed by atoms with Crippen LogP contribution in [0, 0.1) is 0 Å². The Hall–Kier alpha value is -3.13. The van der Waals surface area contributed by atoms with Gasteiger partial charge in [0.2, 0.25) is 10.0 Å². The highest BCUT2D eigenvalue weighted by Crippen LogP contribution is 2.35. The van der Waals surface area contributed by atoms with E-state index in [1.807, 2.05) is 12.1 Å². The third-order valence-electron chi connectivity index (χ3n) is 4.43. The molecule has 0 saturated heterocycles. The Morgan fingerprint density at radius 3 is 2.28 bits per heavy atom. The zero-order valence-electron chi connectivity index (χ0n) is 15.0. The standard InChI is InChI=1S/C21H16ClN3O3S/c22-15-11-9-14(10-12-15)17-13-19(16-5-1-3-7-20(16)26)25(24-17)18-6-2-4-8-21(18)29(23,27)28/h1-13,26H,(H2,23,27,28). The molecule has 1 aromatic heterocycles. The van der Waals surface area contributed by atoms with Crippen molar-refractivity contribution in [3.63, 3.8) is 0 Å². The van der Waals surface area contributed by atoms with Crippen molar-refractivity contribution in [2.45, 2.75) is 4.90 Å². The van der Waals surface area contributed by atoms with Crippen molar-refractivity contribution in [2.75, 3.05) is 0 Å². The summed E-state index contributed by atoms with van der Waals surface area (Å²) in [6.07, 6.45) is 0. The number of hydrogen-bond acceptors (Lipinski definition) is 4. The van der Waals surface area contributed by atoms with Gasteiger partial charge in [0.25, 0.3) is 0 Å². The molecule has 1 heterocycles. The van der Waals surface area contributed by atoms with Crippen LogP contribution in [0.3, 0.4) is 0 Å². The number of phenols is 1. The number of phenolic OH excluding ortho intramolecular Hbond substituents is 1. The Labute approximate surface area is 172 Å². The number of halogens is 1. The third kappa shape index (κ3) is 3.75. The summed E-state index contributed by atoms with van der Waals surface area (Å²) in [5.41, 5.74) is 2.68. The van der Waals surface area contributed by atoms with E-state index >= 15 is 0 Å². The highest BCUT2D eigenvalue weighted by atomic mass is 35.5. The van der Waals surface area contributed by atoms with Crippen LogP contribution < -0.4 is 5.14 Å². The van der Waals surface area contributed by atoms with Crippen LogP contribution >= 0.6 is 11.6 Å². The van der Waals surface area contributed by atoms with Crippen molar-refractivity contribution in [1.82, 2.24) is 9.78 Å². The number of aromatic hydroxyl groups is 1. The fourth-order valence-corrected chi connectivity index (χ4v) is 3.92. The molecule has 146 valence electrons. The first-order valence-corrected chi connectivity index (χ1v) is 10.5. The number of rotatable bonds is 4. The Balaban J connectivity index is 2.01. The van der Waals surface area contributed by atoms with Gasteiger partial charge in [0.1, 0.15) is 10.6 Å². The highest BCUT2D eigenvalue weighted by molar-refractivity contribution is 7.89. The molecule has 3 aromatic carbocycles. The van der Waals surface area contributed by atoms with Gasteiger partial charge in [-0.3, -0.25) is 0 Å². The molecule has 3 N–H and O–H groups in total. The van der Waals surface area contributed by atoms with Gasteiger partial charge in [-0.2, -0.15) is 5.10 Å². The first kappa shape index (κ1) is 19.2. The average Bonchev–Trinajstić information content (AvgIpc) is 3.13. The second kappa shape index (κ2) is 7.36. The Morgan fingerprint density at radius 2 is 1.59 bits per heavy atom. The first-order chi connectivity index (χ1) is 13.8. The molecule has 0 bridgehead atoms. The number of para-hydroxylation sites is 2. The maximum atomic E-state index is 12.1. The lowest BCUT2D eigenvalue weighted by atomic mass is 10.1. The number of hydrogen-bond donors (Lipinski definition) is 2. The van der Waals surface area contributed by atoms with Gasteiger partial charge in [-0.05, 0) is 42.5 Å². The normalized spacial score (nSPS) is 11.5. The van der Waals surface area contributed by atoms with E-state index in [4.69, 9.17) is 16.7 Å². The number of primary sulfonamides is 1. The van der Waals surface area contributed by atoms with Gasteiger partial charge in [0.15, 0.2) is 0 Å². The molecule has 0 spiro atoms. The largest absolute Gasteiger partial charge is 0.507 e. The summed E-state index contributed by atoms with van der Waals surface area (Å²) >= 11 is 5.98. The van der Waals surface area contributed by atoms with Crippen molar-refractivity contribution >= 4 is 21.6 Å². The summed E-state index contributed by atoms with van der Waals surface area (Å²) in [6, 6.07) is 22.0. The topological polar surface area (TPSA) is 98.2 Å². The minimum Gasteiger partial charge on any atom is -0.507 e. The minimum absolute atomic E-state index is 0.0457. The lowest BCUT2D eigenvalue weighted by Gasteiger charge is -2.12. The second-order valence-electron chi connectivity index (χ2n) is 6.36. The number of benzene rings is 3. The molecule has 0 aliphatic rings. The van der Waals surface area contributed by atoms with Crippen LogP contribution in [-0.2, 0) is 10.0 Å². The van der Waals surface area contributed by atoms with E-state index in [0.29, 0.717) is 22.0 Å². The van der Waals surface area contributed by atoms with Crippen LogP contribution in [0.5, 0.6) is 5.75 Å². The maximum Gasteiger partial charge on any atom is 0.240 e. The molecule has 0 aliphatic heterocycles. The molecule has 4 rings (SSSR count). The third-order valence-corrected chi connectivity index (χ3v) is 5.64. The molecule has 0 aliphatic carbocycles. The fourth-order valence-electron chi connectivity index (χ4n) is 3.08. The molecule has 0 amide bonds. The van der Waals surface area contributed by atoms with Crippen molar-refractivity contribution in [3.05, 3.63) is 83.9 Å². The lowest BCUT2D eigenvalue weighted by molar-refractivity contribution is 0.477. The van der Waals surface area contributed by atoms with E-state index in [2.05, 4.69) is 5.10 Å². The van der Waals surface area contributed by atoms with Gasteiger partial charge in [-0.25, -0.2) is 18.2 Å². The summed E-state index contributed by atoms with van der Waals surface area (Å²) in [4.78, 5) is -0.0672. The van der Waals surface area contributed by atoms with Crippen LogP contribution in [-0.4, -0.2) is 23.3 Å². The highest BCUT2D eigenvalue weighted by Gasteiger charge is 2.21. The monoisotopic (exact) mass is 425 g/mol. The van der Waals surface area contributed by atoms with Gasteiger partial charge in [-0.1, -0.05) is 48.0 Å². The van der Waals surface area contributed by atoms with Crippen molar-refractivity contribution in [1.29, 1.82) is 0 Å². The molecule has 0 unspecified atom stereocenters. The second-order valence-corrected chi connectivity index (χ2v) is 8.33. The van der Waals surface area contributed by atoms with Gasteiger partial charge >= 0.3 is 0 Å². The molecular weight excluding hydrogens is 410 g/mol. The molecule has 29 heavy (non-hydrogen) atoms. The number of nitrogens with two attached hydrogens (primary N) is 1. The van der Waals surface area contributed by atoms with Crippen molar-refractivity contribution in [2.24, 2.45) is 5.14 Å². The summed E-state index contributed by atoms with van der Waals surface area (Å²) in [5, 5.41) is 21.0. The van der Waals surface area contributed by atoms with Gasteiger partial charge in [-0.15, -0.1) is 0 Å². The van der Waals surface area contributed by atoms with Crippen LogP contribution in [0.15, 0.2) is 83.8 Å². The summed E-state index contributed by atoms with van der Waals surface area (Å²) in [7, 11) is -3.99. The van der Waals surface area contributed by atoms with Crippen molar-refractivity contribution < 1.29 is 13.5 Å². The number of nitrogens with zero attached hydrogens (tertiary/aromatic N) is 2. The van der Waals surface area contributed by atoms with E-state index in [-0.39, 0.29) is 16.3 Å². The zero-order valence-corrected chi connectivity index (χ0v) is 16.6. The predicted molar refractivity (Wildman–Crippen MR) is 112 cm³/mol. The van der Waals surface area contributed by atoms with Gasteiger partial charge in [0.05, 0.1) is 17.1 Å². The smallest absolute Gasteiger partial charge is 0.240 e. The summed E-state index contributed by atoms with van der Waals surface area (Å²) < 4.78 is 25.7. The van der Waals surface area contributed by atoms with Crippen molar-refractivity contribution in [3.8, 4) is 34.0 Å². The fraction of sp³-hybridized carbons (Fsp3) is 0. The molecular formula is C21H16ClN3O3S. The number of sulfonamides is 1. The van der Waals surface area contributed by atoms with E-state index in [1.165, 1.54) is 10.7 Å². The molecule has 4 aromatic rings. The van der Waals surface area contributed by atoms with Crippen LogP contribution in [0.4, 0.5) is 0 Å². The molecule has 6 nitrogen and oxygen atoms in total. The Morgan fingerprint density at radius 1 is 0.931 bits per heavy atom. The quantitative estimate of drug-likeness (QED) is 0.511. The lowest BCUT2D eigenvalue weighted by Crippen LogP contribution is -2.16. The predicted octanol–water partition coefficient (Wildman–Crippen LogP) is 4.21. The Kier molecular flexibility index (Phi) is 4.87. The minimum atomic E-state index is -3.99. The molecule has 8 heteroatoms. The van der Waals surface area contributed by atoms with Gasteiger partial charge < -0.3 is 5.11 Å². The van der Waals surface area contributed by atoms with E-state index in [0.717, 1.165) is 5.56 Å². The summed E-state index contributed by atoms with van der Waals surface area (Å²) in [6.45, 7) is 0. The number of aromatic nitrogens is 2. The Bertz CT molecular complexity index is 1300. The first-order valence-electron chi connectivity index (χ1n) is 8.61. The van der Waals surface area contributed by atoms with Crippen LogP contribution in [0.1, 0.15) is 0 Å². The maximum absolute atomic E-state index is 12.1. The van der Waals surface area contributed by atoms with E-state index in [1.54, 1.807) is 60.7 Å². The molecule has 0 radical (unpaired) electrons. The molecule has 0 saturated carbocycles. The molecule has 0 atom stereocenters. The van der Waals surface area contributed by atoms with Crippen LogP contribution in [0.2, 0.25) is 5.02 Å². The SMILES string of the molecule is NS(=O)(=O)c1ccccc1-n1nc(-c2ccc(Cl)cc2)cc1-c1ccccc1O.